The molecule has 0 radical (unpaired) electrons. The number of rotatable bonds is 3. The Kier molecular flexibility index (Phi) is 7.13. The van der Waals surface area contributed by atoms with Crippen LogP contribution in [0.1, 0.15) is 38.3 Å². The molecular formula is C13H22O. The topological polar surface area (TPSA) is 20.2 Å². The van der Waals surface area contributed by atoms with Gasteiger partial charge in [0, 0.05) is 0 Å². The summed E-state index contributed by atoms with van der Waals surface area (Å²) in [5.74, 6) is 0. The van der Waals surface area contributed by atoms with Crippen LogP contribution >= 0.6 is 0 Å². The van der Waals surface area contributed by atoms with Gasteiger partial charge in [0.25, 0.3) is 0 Å². The molecule has 0 aliphatic heterocycles. The molecule has 1 heteroatoms. The van der Waals surface area contributed by atoms with Crippen molar-refractivity contribution in [2.45, 2.75) is 46.6 Å². The molecule has 0 amide bonds. The molecule has 1 atom stereocenters. The highest BCUT2D eigenvalue weighted by atomic mass is 16.3. The SMILES string of the molecule is CC.CCC(O)Cc1ccc(C)cc1. The van der Waals surface area contributed by atoms with Gasteiger partial charge in [0.1, 0.15) is 0 Å². The van der Waals surface area contributed by atoms with E-state index >= 15 is 0 Å². The van der Waals surface area contributed by atoms with Gasteiger partial charge >= 0.3 is 0 Å². The Morgan fingerprint density at radius 2 is 1.64 bits per heavy atom. The van der Waals surface area contributed by atoms with Gasteiger partial charge in [0.2, 0.25) is 0 Å². The predicted octanol–water partition coefficient (Wildman–Crippen LogP) is 3.33. The van der Waals surface area contributed by atoms with Gasteiger partial charge < -0.3 is 5.11 Å². The van der Waals surface area contributed by atoms with E-state index < -0.39 is 0 Å². The fourth-order valence-electron chi connectivity index (χ4n) is 1.14. The molecule has 0 saturated carbocycles. The highest BCUT2D eigenvalue weighted by Gasteiger charge is 2.01. The fourth-order valence-corrected chi connectivity index (χ4v) is 1.14. The van der Waals surface area contributed by atoms with Crippen LogP contribution < -0.4 is 0 Å². The zero-order chi connectivity index (χ0) is 11.0. The van der Waals surface area contributed by atoms with E-state index in [1.54, 1.807) is 0 Å². The molecule has 1 aromatic carbocycles. The average molecular weight is 194 g/mol. The lowest BCUT2D eigenvalue weighted by atomic mass is 10.1. The van der Waals surface area contributed by atoms with Crippen molar-refractivity contribution in [3.8, 4) is 0 Å². The summed E-state index contributed by atoms with van der Waals surface area (Å²) in [6.45, 7) is 8.07. The van der Waals surface area contributed by atoms with Gasteiger partial charge in [-0.2, -0.15) is 0 Å². The van der Waals surface area contributed by atoms with Crippen LogP contribution in [0, 0.1) is 6.92 Å². The third kappa shape index (κ3) is 5.03. The summed E-state index contributed by atoms with van der Waals surface area (Å²) >= 11 is 0. The van der Waals surface area contributed by atoms with E-state index in [9.17, 15) is 5.11 Å². The molecule has 0 bridgehead atoms. The molecule has 0 spiro atoms. The molecule has 1 rings (SSSR count). The minimum absolute atomic E-state index is 0.187. The first-order valence-corrected chi connectivity index (χ1v) is 5.46. The number of benzene rings is 1. The van der Waals surface area contributed by atoms with Gasteiger partial charge in [-0.25, -0.2) is 0 Å². The van der Waals surface area contributed by atoms with Gasteiger partial charge in [0.05, 0.1) is 6.10 Å². The quantitative estimate of drug-likeness (QED) is 0.782. The van der Waals surface area contributed by atoms with Gasteiger partial charge in [-0.05, 0) is 25.3 Å². The minimum Gasteiger partial charge on any atom is -0.393 e. The third-order valence-electron chi connectivity index (χ3n) is 2.06. The Morgan fingerprint density at radius 3 is 2.07 bits per heavy atom. The van der Waals surface area contributed by atoms with Gasteiger partial charge in [-0.3, -0.25) is 0 Å². The molecule has 0 aromatic heterocycles. The van der Waals surface area contributed by atoms with Crippen LogP contribution in [0.25, 0.3) is 0 Å². The molecule has 0 aliphatic carbocycles. The summed E-state index contributed by atoms with van der Waals surface area (Å²) in [5.41, 5.74) is 2.49. The molecule has 0 aliphatic rings. The highest BCUT2D eigenvalue weighted by Crippen LogP contribution is 2.07. The Balaban J connectivity index is 0.000000791. The number of hydrogen-bond acceptors (Lipinski definition) is 1. The van der Waals surface area contributed by atoms with Crippen molar-refractivity contribution < 1.29 is 5.11 Å². The summed E-state index contributed by atoms with van der Waals surface area (Å²) in [7, 11) is 0. The first kappa shape index (κ1) is 13.2. The molecule has 14 heavy (non-hydrogen) atoms. The maximum absolute atomic E-state index is 9.38. The smallest absolute Gasteiger partial charge is 0.0577 e. The van der Waals surface area contributed by atoms with E-state index in [2.05, 4.69) is 31.2 Å². The van der Waals surface area contributed by atoms with Crippen molar-refractivity contribution in [3.05, 3.63) is 35.4 Å². The number of aryl methyl sites for hydroxylation is 1. The standard InChI is InChI=1S/C11H16O.C2H6/c1-3-11(12)8-10-6-4-9(2)5-7-10;1-2/h4-7,11-12H,3,8H2,1-2H3;1-2H3. The van der Waals surface area contributed by atoms with Crippen molar-refractivity contribution in [1.29, 1.82) is 0 Å². The minimum atomic E-state index is -0.187. The van der Waals surface area contributed by atoms with Crippen molar-refractivity contribution in [2.75, 3.05) is 0 Å². The van der Waals surface area contributed by atoms with Crippen molar-refractivity contribution in [3.63, 3.8) is 0 Å². The molecule has 1 nitrogen and oxygen atoms in total. The van der Waals surface area contributed by atoms with Crippen molar-refractivity contribution >= 4 is 0 Å². The van der Waals surface area contributed by atoms with Crippen LogP contribution in [0.5, 0.6) is 0 Å². The summed E-state index contributed by atoms with van der Waals surface area (Å²) in [4.78, 5) is 0. The van der Waals surface area contributed by atoms with E-state index in [0.717, 1.165) is 12.8 Å². The molecule has 0 fully saturated rings. The van der Waals surface area contributed by atoms with Gasteiger partial charge in [-0.1, -0.05) is 50.6 Å². The van der Waals surface area contributed by atoms with Crippen LogP contribution in [0.15, 0.2) is 24.3 Å². The Bertz CT molecular complexity index is 225. The van der Waals surface area contributed by atoms with E-state index in [4.69, 9.17) is 0 Å². The number of hydrogen-bond donors (Lipinski definition) is 1. The fraction of sp³-hybridized carbons (Fsp3) is 0.538. The van der Waals surface area contributed by atoms with E-state index in [0.29, 0.717) is 0 Å². The zero-order valence-corrected chi connectivity index (χ0v) is 9.75. The first-order valence-electron chi connectivity index (χ1n) is 5.46. The van der Waals surface area contributed by atoms with Crippen molar-refractivity contribution in [2.24, 2.45) is 0 Å². The van der Waals surface area contributed by atoms with Crippen LogP contribution in [0.3, 0.4) is 0 Å². The average Bonchev–Trinajstić information content (AvgIpc) is 2.24. The zero-order valence-electron chi connectivity index (χ0n) is 9.75. The lowest BCUT2D eigenvalue weighted by Crippen LogP contribution is -2.07. The molecule has 80 valence electrons. The normalized spacial score (nSPS) is 11.5. The van der Waals surface area contributed by atoms with Crippen molar-refractivity contribution in [1.82, 2.24) is 0 Å². The molecule has 0 heterocycles. The molecule has 1 unspecified atom stereocenters. The number of aliphatic hydroxyl groups is 1. The monoisotopic (exact) mass is 194 g/mol. The van der Waals surface area contributed by atoms with Gasteiger partial charge in [-0.15, -0.1) is 0 Å². The predicted molar refractivity (Wildman–Crippen MR) is 62.5 cm³/mol. The first-order chi connectivity index (χ1) is 6.72. The molecule has 1 N–H and O–H groups in total. The van der Waals surface area contributed by atoms with E-state index in [1.165, 1.54) is 11.1 Å². The Labute approximate surface area is 87.8 Å². The summed E-state index contributed by atoms with van der Waals surface area (Å²) in [5, 5.41) is 9.38. The van der Waals surface area contributed by atoms with E-state index in [-0.39, 0.29) is 6.10 Å². The molecule has 1 aromatic rings. The number of aliphatic hydroxyl groups excluding tert-OH is 1. The largest absolute Gasteiger partial charge is 0.393 e. The lowest BCUT2D eigenvalue weighted by molar-refractivity contribution is 0.171. The summed E-state index contributed by atoms with van der Waals surface area (Å²) in [6.07, 6.45) is 1.41. The molecular weight excluding hydrogens is 172 g/mol. The van der Waals surface area contributed by atoms with Crippen LogP contribution in [0.2, 0.25) is 0 Å². The maximum atomic E-state index is 9.38. The second kappa shape index (κ2) is 7.57. The highest BCUT2D eigenvalue weighted by molar-refractivity contribution is 5.21. The third-order valence-corrected chi connectivity index (χ3v) is 2.06. The van der Waals surface area contributed by atoms with Crippen LogP contribution in [-0.4, -0.2) is 11.2 Å². The van der Waals surface area contributed by atoms with Crippen LogP contribution in [-0.2, 0) is 6.42 Å². The summed E-state index contributed by atoms with van der Waals surface area (Å²) in [6, 6.07) is 8.32. The summed E-state index contributed by atoms with van der Waals surface area (Å²) < 4.78 is 0. The molecule has 0 saturated heterocycles. The second-order valence-electron chi connectivity index (χ2n) is 3.25. The second-order valence-corrected chi connectivity index (χ2v) is 3.25. The van der Waals surface area contributed by atoms with E-state index in [1.807, 2.05) is 20.8 Å². The Hall–Kier alpha value is -0.820. The Morgan fingerprint density at radius 1 is 1.14 bits per heavy atom. The van der Waals surface area contributed by atoms with Gasteiger partial charge in [0.15, 0.2) is 0 Å². The lowest BCUT2D eigenvalue weighted by Gasteiger charge is -2.07. The maximum Gasteiger partial charge on any atom is 0.0577 e. The van der Waals surface area contributed by atoms with Crippen LogP contribution in [0.4, 0.5) is 0 Å².